The monoisotopic (exact) mass is 361 g/mol. The minimum absolute atomic E-state index is 0.226. The number of carbonyl (C=O) groups excluding carboxylic acids is 1. The van der Waals surface area contributed by atoms with Gasteiger partial charge in [0.2, 0.25) is 5.91 Å². The summed E-state index contributed by atoms with van der Waals surface area (Å²) in [6.07, 6.45) is 6.08. The molecule has 6 nitrogen and oxygen atoms in total. The molecule has 0 saturated carbocycles. The van der Waals surface area contributed by atoms with E-state index in [9.17, 15) is 4.79 Å². The highest BCUT2D eigenvalue weighted by Gasteiger charge is 2.18. The molecule has 0 atom stereocenters. The van der Waals surface area contributed by atoms with Gasteiger partial charge < -0.3 is 9.88 Å². The number of hydrogen-bond acceptors (Lipinski definition) is 3. The van der Waals surface area contributed by atoms with E-state index in [0.717, 1.165) is 54.0 Å². The Hall–Kier alpha value is -3.04. The third-order valence-electron chi connectivity index (χ3n) is 5.32. The zero-order valence-electron chi connectivity index (χ0n) is 15.7. The number of carbonyl (C=O) groups is 1. The lowest BCUT2D eigenvalue weighted by Crippen LogP contribution is -2.29. The van der Waals surface area contributed by atoms with Crippen LogP contribution < -0.4 is 0 Å². The average Bonchev–Trinajstić information content (AvgIpc) is 3.21. The molecule has 1 amide bonds. The fourth-order valence-electron chi connectivity index (χ4n) is 3.60. The van der Waals surface area contributed by atoms with E-state index >= 15 is 0 Å². The zero-order chi connectivity index (χ0) is 19.0. The van der Waals surface area contributed by atoms with Crippen molar-refractivity contribution in [1.29, 1.82) is 0 Å². The number of terminal acetylenes is 1. The second-order valence-electron chi connectivity index (χ2n) is 7.16. The first-order valence-corrected chi connectivity index (χ1v) is 9.15. The summed E-state index contributed by atoms with van der Waals surface area (Å²) in [6.45, 7) is 5.31. The topological polar surface area (TPSA) is 68.0 Å². The molecule has 3 heterocycles. The Balaban J connectivity index is 1.57. The Bertz CT molecular complexity index is 1040. The van der Waals surface area contributed by atoms with Gasteiger partial charge in [0.05, 0.1) is 5.69 Å². The van der Waals surface area contributed by atoms with E-state index in [1.807, 2.05) is 18.9 Å². The van der Waals surface area contributed by atoms with Crippen LogP contribution >= 0.6 is 0 Å². The molecule has 1 aliphatic rings. The summed E-state index contributed by atoms with van der Waals surface area (Å²) in [5.74, 6) is 2.85. The van der Waals surface area contributed by atoms with Gasteiger partial charge >= 0.3 is 0 Å². The average molecular weight is 361 g/mol. The van der Waals surface area contributed by atoms with Crippen molar-refractivity contribution < 1.29 is 4.79 Å². The normalized spacial score (nSPS) is 15.9. The van der Waals surface area contributed by atoms with Gasteiger partial charge in [-0.3, -0.25) is 14.8 Å². The molecule has 1 aliphatic heterocycles. The Kier molecular flexibility index (Phi) is 4.46. The lowest BCUT2D eigenvalue weighted by Gasteiger charge is -2.19. The van der Waals surface area contributed by atoms with Gasteiger partial charge in [0.1, 0.15) is 11.4 Å². The van der Waals surface area contributed by atoms with Crippen molar-refractivity contribution in [2.45, 2.75) is 19.9 Å². The maximum absolute atomic E-state index is 11.8. The van der Waals surface area contributed by atoms with Crippen molar-refractivity contribution in [2.75, 3.05) is 26.7 Å². The lowest BCUT2D eigenvalue weighted by molar-refractivity contribution is -0.129. The first-order valence-electron chi connectivity index (χ1n) is 9.15. The Morgan fingerprint density at radius 1 is 1.26 bits per heavy atom. The molecule has 6 heteroatoms. The van der Waals surface area contributed by atoms with Crippen LogP contribution in [0.25, 0.3) is 22.3 Å². The maximum atomic E-state index is 11.8. The van der Waals surface area contributed by atoms with Gasteiger partial charge in [-0.25, -0.2) is 0 Å². The summed E-state index contributed by atoms with van der Waals surface area (Å²) in [5, 5.41) is 8.40. The lowest BCUT2D eigenvalue weighted by atomic mass is 10.1. The van der Waals surface area contributed by atoms with Gasteiger partial charge in [0.25, 0.3) is 0 Å². The summed E-state index contributed by atoms with van der Waals surface area (Å²) in [6, 6.07) is 8.56. The predicted molar refractivity (Wildman–Crippen MR) is 106 cm³/mol. The van der Waals surface area contributed by atoms with Crippen LogP contribution in [0.1, 0.15) is 23.2 Å². The molecule has 0 aliphatic carbocycles. The van der Waals surface area contributed by atoms with E-state index in [1.54, 1.807) is 0 Å². The molecule has 27 heavy (non-hydrogen) atoms. The molecule has 1 aromatic carbocycles. The molecular weight excluding hydrogens is 338 g/mol. The quantitative estimate of drug-likeness (QED) is 0.705. The number of nitrogens with one attached hydrogen (secondary N) is 2. The van der Waals surface area contributed by atoms with E-state index < -0.39 is 0 Å². The fraction of sp³-hybridized carbons (Fsp3) is 0.333. The Morgan fingerprint density at radius 2 is 2.11 bits per heavy atom. The van der Waals surface area contributed by atoms with Crippen LogP contribution in [0.4, 0.5) is 0 Å². The number of likely N-dealkylation sites (N-methyl/N-ethyl adjacent to an activating group) is 1. The Morgan fingerprint density at radius 3 is 2.89 bits per heavy atom. The van der Waals surface area contributed by atoms with Crippen molar-refractivity contribution in [3.63, 3.8) is 0 Å². The number of nitrogens with zero attached hydrogens (tertiary/aromatic N) is 3. The van der Waals surface area contributed by atoms with E-state index in [-0.39, 0.29) is 5.91 Å². The molecule has 0 bridgehead atoms. The third kappa shape index (κ3) is 3.34. The van der Waals surface area contributed by atoms with E-state index in [2.05, 4.69) is 50.3 Å². The number of aromatic nitrogens is 3. The first kappa shape index (κ1) is 17.4. The minimum Gasteiger partial charge on any atom is -0.353 e. The molecule has 1 saturated heterocycles. The predicted octanol–water partition coefficient (Wildman–Crippen LogP) is 2.51. The number of amides is 1. The van der Waals surface area contributed by atoms with Crippen molar-refractivity contribution in [1.82, 2.24) is 25.0 Å². The summed E-state index contributed by atoms with van der Waals surface area (Å²) in [5.41, 5.74) is 5.82. The highest BCUT2D eigenvalue weighted by Crippen LogP contribution is 2.27. The molecule has 0 unspecified atom stereocenters. The van der Waals surface area contributed by atoms with E-state index in [4.69, 9.17) is 6.42 Å². The van der Waals surface area contributed by atoms with Crippen LogP contribution in [0.15, 0.2) is 24.3 Å². The van der Waals surface area contributed by atoms with Gasteiger partial charge in [-0.15, -0.1) is 6.42 Å². The summed E-state index contributed by atoms with van der Waals surface area (Å²) >= 11 is 0. The van der Waals surface area contributed by atoms with Crippen LogP contribution in [-0.4, -0.2) is 57.6 Å². The van der Waals surface area contributed by atoms with Crippen LogP contribution in [-0.2, 0) is 11.3 Å². The summed E-state index contributed by atoms with van der Waals surface area (Å²) in [4.78, 5) is 19.4. The maximum Gasteiger partial charge on any atom is 0.223 e. The molecule has 4 rings (SSSR count). The van der Waals surface area contributed by atoms with Gasteiger partial charge in [-0.2, -0.15) is 5.10 Å². The first-order chi connectivity index (χ1) is 13.0. The summed E-state index contributed by atoms with van der Waals surface area (Å²) < 4.78 is 0. The SMILES string of the molecule is C#Cc1[nH]nc(-c2cc3cc(CN4CCC(=O)N(C)CC4)ccc3[nH]2)c1C. The van der Waals surface area contributed by atoms with Gasteiger partial charge in [0, 0.05) is 56.1 Å². The molecule has 0 radical (unpaired) electrons. The molecule has 0 spiro atoms. The number of fused-ring (bicyclic) bond motifs is 1. The van der Waals surface area contributed by atoms with Gasteiger partial charge in [0.15, 0.2) is 0 Å². The van der Waals surface area contributed by atoms with Crippen LogP contribution in [0, 0.1) is 19.3 Å². The van der Waals surface area contributed by atoms with Gasteiger partial charge in [-0.05, 0) is 30.7 Å². The highest BCUT2D eigenvalue weighted by atomic mass is 16.2. The third-order valence-corrected chi connectivity index (χ3v) is 5.32. The number of aromatic amines is 2. The fourth-order valence-corrected chi connectivity index (χ4v) is 3.60. The van der Waals surface area contributed by atoms with Crippen LogP contribution in [0.3, 0.4) is 0 Å². The number of hydrogen-bond donors (Lipinski definition) is 2. The second kappa shape index (κ2) is 6.93. The van der Waals surface area contributed by atoms with Crippen LogP contribution in [0.5, 0.6) is 0 Å². The van der Waals surface area contributed by atoms with Crippen molar-refractivity contribution in [2.24, 2.45) is 0 Å². The standard InChI is InChI=1S/C21H23N5O/c1-4-17-14(2)21(24-23-17)19-12-16-11-15(5-6-18(16)22-19)13-26-8-7-20(27)25(3)9-10-26/h1,5-6,11-12,22H,7-10,13H2,2-3H3,(H,23,24). The van der Waals surface area contributed by atoms with Crippen molar-refractivity contribution >= 4 is 16.8 Å². The molecule has 2 N–H and O–H groups in total. The molecule has 3 aromatic rings. The van der Waals surface area contributed by atoms with Gasteiger partial charge in [-0.1, -0.05) is 12.0 Å². The van der Waals surface area contributed by atoms with Crippen molar-refractivity contribution in [3.05, 3.63) is 41.1 Å². The van der Waals surface area contributed by atoms with E-state index in [0.29, 0.717) is 12.1 Å². The second-order valence-corrected chi connectivity index (χ2v) is 7.16. The summed E-state index contributed by atoms with van der Waals surface area (Å²) in [7, 11) is 1.88. The number of rotatable bonds is 3. The van der Waals surface area contributed by atoms with Crippen LogP contribution in [0.2, 0.25) is 0 Å². The minimum atomic E-state index is 0.226. The molecule has 2 aromatic heterocycles. The smallest absolute Gasteiger partial charge is 0.223 e. The largest absolute Gasteiger partial charge is 0.353 e. The molecule has 1 fully saturated rings. The Labute approximate surface area is 158 Å². The van der Waals surface area contributed by atoms with Crippen molar-refractivity contribution in [3.8, 4) is 23.7 Å². The molecule has 138 valence electrons. The zero-order valence-corrected chi connectivity index (χ0v) is 15.7. The number of benzene rings is 1. The number of H-pyrrole nitrogens is 2. The molecular formula is C21H23N5O. The van der Waals surface area contributed by atoms with E-state index in [1.165, 1.54) is 5.56 Å². The highest BCUT2D eigenvalue weighted by molar-refractivity contribution is 5.86.